The summed E-state index contributed by atoms with van der Waals surface area (Å²) in [4.78, 5) is 15.4. The number of carbonyl (C=O) groups is 1. The summed E-state index contributed by atoms with van der Waals surface area (Å²) in [5.41, 5.74) is 0. The van der Waals surface area contributed by atoms with E-state index in [1.165, 1.54) is 24.2 Å². The molecule has 0 spiro atoms. The molecule has 1 fully saturated rings. The molecule has 2 rings (SSSR count). The van der Waals surface area contributed by atoms with Gasteiger partial charge in [0.15, 0.2) is 0 Å². The lowest BCUT2D eigenvalue weighted by Crippen LogP contribution is -2.41. The molecule has 106 valence electrons. The molecule has 0 radical (unpaired) electrons. The quantitative estimate of drug-likeness (QED) is 0.888. The molecule has 0 bridgehead atoms. The molecule has 0 aliphatic carbocycles. The number of halogens is 1. The third kappa shape index (κ3) is 4.04. The van der Waals surface area contributed by atoms with Crippen molar-refractivity contribution in [1.82, 2.24) is 10.2 Å². The monoisotopic (exact) mass is 344 g/mol. The molecule has 1 aromatic rings. The zero-order chi connectivity index (χ0) is 13.7. The topological polar surface area (TPSA) is 32.3 Å². The van der Waals surface area contributed by atoms with E-state index in [1.54, 1.807) is 0 Å². The van der Waals surface area contributed by atoms with E-state index in [1.807, 2.05) is 16.3 Å². The number of carbonyl (C=O) groups excluding carboxylic acids is 1. The van der Waals surface area contributed by atoms with Crippen LogP contribution in [0.5, 0.6) is 0 Å². The highest BCUT2D eigenvalue weighted by Gasteiger charge is 2.23. The summed E-state index contributed by atoms with van der Waals surface area (Å²) < 4.78 is 0.922. The first-order chi connectivity index (χ1) is 9.22. The van der Waals surface area contributed by atoms with Gasteiger partial charge in [0, 0.05) is 17.6 Å². The van der Waals surface area contributed by atoms with Gasteiger partial charge in [-0.1, -0.05) is 6.92 Å². The van der Waals surface area contributed by atoms with Crippen LogP contribution in [-0.4, -0.2) is 37.0 Å². The lowest BCUT2D eigenvalue weighted by molar-refractivity contribution is 0.0723. The predicted molar refractivity (Wildman–Crippen MR) is 83.8 cm³/mol. The molecule has 3 nitrogen and oxygen atoms in total. The maximum atomic E-state index is 12.6. The van der Waals surface area contributed by atoms with E-state index in [0.717, 1.165) is 41.9 Å². The van der Waals surface area contributed by atoms with Crippen LogP contribution in [0, 0.1) is 5.92 Å². The Kier molecular flexibility index (Phi) is 5.85. The molecule has 0 saturated carbocycles. The lowest BCUT2D eigenvalue weighted by atomic mass is 9.99. The van der Waals surface area contributed by atoms with E-state index in [-0.39, 0.29) is 5.91 Å². The summed E-state index contributed by atoms with van der Waals surface area (Å²) in [7, 11) is 0. The van der Waals surface area contributed by atoms with Gasteiger partial charge < -0.3 is 10.2 Å². The minimum Gasteiger partial charge on any atom is -0.338 e. The number of hydrogen-bond donors (Lipinski definition) is 1. The van der Waals surface area contributed by atoms with Gasteiger partial charge in [-0.25, -0.2) is 0 Å². The van der Waals surface area contributed by atoms with Crippen LogP contribution >= 0.6 is 27.3 Å². The molecule has 0 aromatic carbocycles. The van der Waals surface area contributed by atoms with Crippen LogP contribution in [0.2, 0.25) is 0 Å². The zero-order valence-electron chi connectivity index (χ0n) is 11.3. The number of thiophene rings is 1. The average molecular weight is 345 g/mol. The fourth-order valence-corrected chi connectivity index (χ4v) is 4.03. The molecule has 1 aromatic heterocycles. The number of amides is 1. The first kappa shape index (κ1) is 15.0. The fraction of sp³-hybridized carbons (Fsp3) is 0.643. The predicted octanol–water partition coefficient (Wildman–Crippen LogP) is 3.36. The van der Waals surface area contributed by atoms with Crippen molar-refractivity contribution in [2.24, 2.45) is 5.92 Å². The van der Waals surface area contributed by atoms with Crippen LogP contribution in [-0.2, 0) is 0 Å². The third-order valence-corrected chi connectivity index (χ3v) is 5.30. The summed E-state index contributed by atoms with van der Waals surface area (Å²) in [6.45, 7) is 6.01. The van der Waals surface area contributed by atoms with Gasteiger partial charge in [0.1, 0.15) is 4.88 Å². The fourth-order valence-electron chi connectivity index (χ4n) is 2.53. The Hall–Kier alpha value is -0.390. The summed E-state index contributed by atoms with van der Waals surface area (Å²) in [6.07, 6.45) is 3.46. The molecule has 1 N–H and O–H groups in total. The second kappa shape index (κ2) is 7.41. The molecule has 19 heavy (non-hydrogen) atoms. The largest absolute Gasteiger partial charge is 0.338 e. The van der Waals surface area contributed by atoms with Gasteiger partial charge in [-0.15, -0.1) is 11.3 Å². The Labute approximate surface area is 127 Å². The SMILES string of the molecule is CCCN(CC1CCCNC1)C(=O)c1sccc1Br. The normalized spacial score (nSPS) is 19.4. The van der Waals surface area contributed by atoms with Crippen LogP contribution in [0.1, 0.15) is 35.9 Å². The molecule has 5 heteroatoms. The first-order valence-electron chi connectivity index (χ1n) is 6.95. The Morgan fingerprint density at radius 1 is 1.63 bits per heavy atom. The molecular formula is C14H21BrN2OS. The van der Waals surface area contributed by atoms with Gasteiger partial charge >= 0.3 is 0 Å². The van der Waals surface area contributed by atoms with Gasteiger partial charge in [-0.2, -0.15) is 0 Å². The van der Waals surface area contributed by atoms with Crippen molar-refractivity contribution >= 4 is 33.2 Å². The maximum absolute atomic E-state index is 12.6. The van der Waals surface area contributed by atoms with Gasteiger partial charge in [0.05, 0.1) is 0 Å². The van der Waals surface area contributed by atoms with E-state index in [9.17, 15) is 4.79 Å². The number of rotatable bonds is 5. The Morgan fingerprint density at radius 3 is 3.05 bits per heavy atom. The van der Waals surface area contributed by atoms with Crippen LogP contribution in [0.4, 0.5) is 0 Å². The van der Waals surface area contributed by atoms with Crippen LogP contribution in [0.15, 0.2) is 15.9 Å². The summed E-state index contributed by atoms with van der Waals surface area (Å²) in [5, 5.41) is 5.38. The van der Waals surface area contributed by atoms with Crippen LogP contribution < -0.4 is 5.32 Å². The molecule has 1 saturated heterocycles. The Bertz CT molecular complexity index is 415. The molecule has 1 amide bonds. The molecule has 2 heterocycles. The van der Waals surface area contributed by atoms with Crippen molar-refractivity contribution in [3.63, 3.8) is 0 Å². The van der Waals surface area contributed by atoms with Crippen molar-refractivity contribution in [1.29, 1.82) is 0 Å². The minimum atomic E-state index is 0.175. The Balaban J connectivity index is 2.02. The molecular weight excluding hydrogens is 324 g/mol. The highest BCUT2D eigenvalue weighted by atomic mass is 79.9. The van der Waals surface area contributed by atoms with E-state index >= 15 is 0 Å². The molecule has 1 aliphatic heterocycles. The number of nitrogens with one attached hydrogen (secondary N) is 1. The zero-order valence-corrected chi connectivity index (χ0v) is 13.7. The molecule has 1 aliphatic rings. The van der Waals surface area contributed by atoms with Crippen molar-refractivity contribution < 1.29 is 4.79 Å². The van der Waals surface area contributed by atoms with E-state index in [0.29, 0.717) is 5.92 Å². The van der Waals surface area contributed by atoms with E-state index < -0.39 is 0 Å². The van der Waals surface area contributed by atoms with Crippen LogP contribution in [0.3, 0.4) is 0 Å². The summed E-state index contributed by atoms with van der Waals surface area (Å²) >= 11 is 4.98. The third-order valence-electron chi connectivity index (χ3n) is 3.47. The van der Waals surface area contributed by atoms with Gasteiger partial charge in [-0.05, 0) is 65.6 Å². The lowest BCUT2D eigenvalue weighted by Gasteiger charge is -2.30. The highest BCUT2D eigenvalue weighted by molar-refractivity contribution is 9.10. The van der Waals surface area contributed by atoms with Gasteiger partial charge in [0.2, 0.25) is 0 Å². The minimum absolute atomic E-state index is 0.175. The number of piperidine rings is 1. The van der Waals surface area contributed by atoms with E-state index in [2.05, 4.69) is 28.2 Å². The molecule has 1 atom stereocenters. The second-order valence-corrected chi connectivity index (χ2v) is 6.83. The van der Waals surface area contributed by atoms with Crippen molar-refractivity contribution in [2.45, 2.75) is 26.2 Å². The van der Waals surface area contributed by atoms with Gasteiger partial charge in [-0.3, -0.25) is 4.79 Å². The maximum Gasteiger partial charge on any atom is 0.265 e. The summed E-state index contributed by atoms with van der Waals surface area (Å²) in [6, 6.07) is 1.95. The standard InChI is InChI=1S/C14H21BrN2OS/c1-2-7-17(10-11-4-3-6-16-9-11)14(18)13-12(15)5-8-19-13/h5,8,11,16H,2-4,6-7,9-10H2,1H3. The first-order valence-corrected chi connectivity index (χ1v) is 8.62. The van der Waals surface area contributed by atoms with E-state index in [4.69, 9.17) is 0 Å². The van der Waals surface area contributed by atoms with Crippen molar-refractivity contribution in [3.05, 3.63) is 20.8 Å². The molecule has 1 unspecified atom stereocenters. The Morgan fingerprint density at radius 2 is 2.47 bits per heavy atom. The van der Waals surface area contributed by atoms with Crippen molar-refractivity contribution in [3.8, 4) is 0 Å². The van der Waals surface area contributed by atoms with Crippen LogP contribution in [0.25, 0.3) is 0 Å². The number of hydrogen-bond acceptors (Lipinski definition) is 3. The average Bonchev–Trinajstić information content (AvgIpc) is 2.85. The van der Waals surface area contributed by atoms with Gasteiger partial charge in [0.25, 0.3) is 5.91 Å². The highest BCUT2D eigenvalue weighted by Crippen LogP contribution is 2.25. The smallest absolute Gasteiger partial charge is 0.265 e. The second-order valence-electron chi connectivity index (χ2n) is 5.06. The number of nitrogens with zero attached hydrogens (tertiary/aromatic N) is 1. The summed E-state index contributed by atoms with van der Waals surface area (Å²) in [5.74, 6) is 0.775. The van der Waals surface area contributed by atoms with Crippen molar-refractivity contribution in [2.75, 3.05) is 26.2 Å².